The van der Waals surface area contributed by atoms with E-state index >= 15 is 0 Å². The Labute approximate surface area is 159 Å². The van der Waals surface area contributed by atoms with Crippen LogP contribution in [0.25, 0.3) is 0 Å². The van der Waals surface area contributed by atoms with Gasteiger partial charge in [-0.1, -0.05) is 62.2 Å². The number of nitrogens with one attached hydrogen (secondary N) is 1. The zero-order chi connectivity index (χ0) is 19.9. The van der Waals surface area contributed by atoms with Crippen LogP contribution in [0, 0.1) is 0 Å². The highest BCUT2D eigenvalue weighted by molar-refractivity contribution is 6.27. The molecule has 2 aromatic rings. The van der Waals surface area contributed by atoms with Crippen molar-refractivity contribution in [3.63, 3.8) is 0 Å². The van der Waals surface area contributed by atoms with Gasteiger partial charge in [-0.15, -0.1) is 0 Å². The molecule has 0 aromatic heterocycles. The lowest BCUT2D eigenvalue weighted by Gasteiger charge is -2.08. The van der Waals surface area contributed by atoms with Crippen molar-refractivity contribution in [2.45, 2.75) is 39.3 Å². The van der Waals surface area contributed by atoms with E-state index in [0.717, 1.165) is 18.8 Å². The molecule has 6 heteroatoms. The highest BCUT2D eigenvalue weighted by Gasteiger charge is 2.04. The molecule has 27 heavy (non-hydrogen) atoms. The summed E-state index contributed by atoms with van der Waals surface area (Å²) in [6.45, 7) is 4.88. The predicted molar refractivity (Wildman–Crippen MR) is 104 cm³/mol. The Morgan fingerprint density at radius 1 is 0.889 bits per heavy atom. The zero-order valence-corrected chi connectivity index (χ0v) is 15.6. The molecule has 146 valence electrons. The second kappa shape index (κ2) is 13.4. The minimum absolute atomic E-state index is 0.620. The van der Waals surface area contributed by atoms with E-state index in [1.807, 2.05) is 30.3 Å². The van der Waals surface area contributed by atoms with Crippen molar-refractivity contribution >= 4 is 11.9 Å². The molecule has 3 N–H and O–H groups in total. The Hall–Kier alpha value is -2.86. The van der Waals surface area contributed by atoms with Crippen molar-refractivity contribution in [3.8, 4) is 5.75 Å². The second-order valence-corrected chi connectivity index (χ2v) is 5.91. The number of ether oxygens (including phenoxy) is 1. The molecule has 6 nitrogen and oxygen atoms in total. The first kappa shape index (κ1) is 22.2. The number of hydrogen-bond acceptors (Lipinski definition) is 4. The maximum absolute atomic E-state index is 9.10. The fourth-order valence-corrected chi connectivity index (χ4v) is 2.18. The normalized spacial score (nSPS) is 9.81. The van der Waals surface area contributed by atoms with Gasteiger partial charge in [0.15, 0.2) is 0 Å². The highest BCUT2D eigenvalue weighted by Crippen LogP contribution is 2.14. The topological polar surface area (TPSA) is 95.9 Å². The molecule has 0 heterocycles. The fourth-order valence-electron chi connectivity index (χ4n) is 2.18. The van der Waals surface area contributed by atoms with Gasteiger partial charge in [-0.05, 0) is 36.2 Å². The summed E-state index contributed by atoms with van der Waals surface area (Å²) in [5.74, 6) is -2.72. The van der Waals surface area contributed by atoms with Crippen LogP contribution in [0.2, 0.25) is 0 Å². The smallest absolute Gasteiger partial charge is 0.414 e. The molecule has 2 aromatic carbocycles. The van der Waals surface area contributed by atoms with Crippen molar-refractivity contribution in [2.24, 2.45) is 0 Å². The minimum atomic E-state index is -1.82. The van der Waals surface area contributed by atoms with Gasteiger partial charge in [0.25, 0.3) is 0 Å². The number of carboxylic acids is 2. The van der Waals surface area contributed by atoms with Crippen LogP contribution in [0.15, 0.2) is 54.6 Å². The molecular formula is C21H27NO5. The summed E-state index contributed by atoms with van der Waals surface area (Å²) in [6.07, 6.45) is 3.84. The molecule has 0 amide bonds. The summed E-state index contributed by atoms with van der Waals surface area (Å²) >= 11 is 0. The molecule has 0 saturated carbocycles. The third-order valence-electron chi connectivity index (χ3n) is 3.64. The van der Waals surface area contributed by atoms with Gasteiger partial charge < -0.3 is 20.3 Å². The fraction of sp³-hybridized carbons (Fsp3) is 0.333. The van der Waals surface area contributed by atoms with Crippen LogP contribution >= 0.6 is 0 Å². The molecule has 0 atom stereocenters. The zero-order valence-electron chi connectivity index (χ0n) is 15.6. The Morgan fingerprint density at radius 2 is 1.52 bits per heavy atom. The second-order valence-electron chi connectivity index (χ2n) is 5.91. The van der Waals surface area contributed by atoms with Gasteiger partial charge in [0.2, 0.25) is 0 Å². The Bertz CT molecular complexity index is 659. The Morgan fingerprint density at radius 3 is 2.07 bits per heavy atom. The summed E-state index contributed by atoms with van der Waals surface area (Å²) in [4.78, 5) is 18.2. The van der Waals surface area contributed by atoms with E-state index < -0.39 is 11.9 Å². The maximum Gasteiger partial charge on any atom is 0.414 e. The number of benzene rings is 2. The molecule has 0 spiro atoms. The standard InChI is InChI=1S/C19H25NO.C2H2O4/c1-2-3-7-14-20-15-17-10-12-19(13-11-17)21-16-18-8-5-4-6-9-18;3-1(4)2(5)6/h4-6,8-13,20H,2-3,7,14-16H2,1H3;(H,3,4)(H,5,6). The van der Waals surface area contributed by atoms with Crippen LogP contribution in [0.3, 0.4) is 0 Å². The summed E-state index contributed by atoms with van der Waals surface area (Å²) in [6, 6.07) is 18.6. The summed E-state index contributed by atoms with van der Waals surface area (Å²) < 4.78 is 5.78. The molecule has 0 unspecified atom stereocenters. The van der Waals surface area contributed by atoms with Crippen LogP contribution < -0.4 is 10.1 Å². The van der Waals surface area contributed by atoms with E-state index in [1.165, 1.54) is 30.4 Å². The molecule has 0 radical (unpaired) electrons. The first-order chi connectivity index (χ1) is 13.0. The quantitative estimate of drug-likeness (QED) is 0.458. The van der Waals surface area contributed by atoms with Gasteiger partial charge in [0.05, 0.1) is 0 Å². The number of carboxylic acid groups (broad SMARTS) is 2. The van der Waals surface area contributed by atoms with Gasteiger partial charge in [0, 0.05) is 6.54 Å². The third-order valence-corrected chi connectivity index (χ3v) is 3.64. The highest BCUT2D eigenvalue weighted by atomic mass is 16.5. The average Bonchev–Trinajstić information content (AvgIpc) is 2.68. The van der Waals surface area contributed by atoms with Crippen molar-refractivity contribution < 1.29 is 24.5 Å². The molecule has 2 rings (SSSR count). The van der Waals surface area contributed by atoms with Crippen molar-refractivity contribution in [1.29, 1.82) is 0 Å². The largest absolute Gasteiger partial charge is 0.489 e. The molecule has 0 aliphatic rings. The van der Waals surface area contributed by atoms with E-state index in [2.05, 4.69) is 36.5 Å². The van der Waals surface area contributed by atoms with Gasteiger partial charge in [-0.2, -0.15) is 0 Å². The molecule has 0 bridgehead atoms. The van der Waals surface area contributed by atoms with E-state index in [1.54, 1.807) is 0 Å². The van der Waals surface area contributed by atoms with E-state index in [-0.39, 0.29) is 0 Å². The Balaban J connectivity index is 0.000000527. The third kappa shape index (κ3) is 10.7. The van der Waals surface area contributed by atoms with E-state index in [4.69, 9.17) is 24.5 Å². The molecule has 0 saturated heterocycles. The number of aliphatic carboxylic acids is 2. The van der Waals surface area contributed by atoms with Gasteiger partial charge in [-0.3, -0.25) is 0 Å². The number of unbranched alkanes of at least 4 members (excludes halogenated alkanes) is 2. The van der Waals surface area contributed by atoms with Gasteiger partial charge >= 0.3 is 11.9 Å². The van der Waals surface area contributed by atoms with Crippen LogP contribution in [0.4, 0.5) is 0 Å². The average molecular weight is 373 g/mol. The molecule has 0 fully saturated rings. The summed E-state index contributed by atoms with van der Waals surface area (Å²) in [7, 11) is 0. The van der Waals surface area contributed by atoms with Gasteiger partial charge in [-0.25, -0.2) is 9.59 Å². The number of carbonyl (C=O) groups is 2. The van der Waals surface area contributed by atoms with E-state index in [9.17, 15) is 0 Å². The van der Waals surface area contributed by atoms with Crippen molar-refractivity contribution in [1.82, 2.24) is 5.32 Å². The first-order valence-electron chi connectivity index (χ1n) is 8.95. The lowest BCUT2D eigenvalue weighted by Crippen LogP contribution is -2.14. The SMILES string of the molecule is CCCCCNCc1ccc(OCc2ccccc2)cc1.O=C(O)C(=O)O. The molecule has 0 aliphatic carbocycles. The lowest BCUT2D eigenvalue weighted by atomic mass is 10.2. The number of rotatable bonds is 9. The van der Waals surface area contributed by atoms with Gasteiger partial charge in [0.1, 0.15) is 12.4 Å². The summed E-state index contributed by atoms with van der Waals surface area (Å²) in [5.41, 5.74) is 2.50. The van der Waals surface area contributed by atoms with Crippen molar-refractivity contribution in [3.05, 3.63) is 65.7 Å². The van der Waals surface area contributed by atoms with Crippen LogP contribution in [-0.4, -0.2) is 28.7 Å². The maximum atomic E-state index is 9.10. The lowest BCUT2D eigenvalue weighted by molar-refractivity contribution is -0.159. The number of hydrogen-bond donors (Lipinski definition) is 3. The Kier molecular flexibility index (Phi) is 11.0. The van der Waals surface area contributed by atoms with Crippen molar-refractivity contribution in [2.75, 3.05) is 6.54 Å². The predicted octanol–water partition coefficient (Wildman–Crippen LogP) is 3.70. The monoisotopic (exact) mass is 373 g/mol. The van der Waals surface area contributed by atoms with Crippen LogP contribution in [0.1, 0.15) is 37.3 Å². The van der Waals surface area contributed by atoms with Crippen LogP contribution in [0.5, 0.6) is 5.75 Å². The molecule has 0 aliphatic heterocycles. The van der Waals surface area contributed by atoms with E-state index in [0.29, 0.717) is 6.61 Å². The first-order valence-corrected chi connectivity index (χ1v) is 8.95. The minimum Gasteiger partial charge on any atom is -0.489 e. The molecular weight excluding hydrogens is 346 g/mol. The van der Waals surface area contributed by atoms with Crippen LogP contribution in [-0.2, 0) is 22.7 Å². The summed E-state index contributed by atoms with van der Waals surface area (Å²) in [5, 5.41) is 18.3.